The summed E-state index contributed by atoms with van der Waals surface area (Å²) in [4.78, 5) is 0. The Bertz CT molecular complexity index is 587. The Morgan fingerprint density at radius 2 is 1.76 bits per heavy atom. The van der Waals surface area contributed by atoms with Gasteiger partial charge in [-0.15, -0.1) is 0 Å². The van der Waals surface area contributed by atoms with Crippen LogP contribution in [0.25, 0.3) is 0 Å². The fourth-order valence-corrected chi connectivity index (χ4v) is 1.88. The molecule has 0 aromatic heterocycles. The summed E-state index contributed by atoms with van der Waals surface area (Å²) >= 11 is 11.0. The van der Waals surface area contributed by atoms with E-state index in [1.807, 2.05) is 36.4 Å². The van der Waals surface area contributed by atoms with Gasteiger partial charge in [-0.25, -0.2) is 0 Å². The van der Waals surface area contributed by atoms with Gasteiger partial charge in [-0.1, -0.05) is 23.7 Å². The van der Waals surface area contributed by atoms with Crippen molar-refractivity contribution < 1.29 is 4.74 Å². The fraction of sp³-hybridized carbons (Fsp3) is 0.133. The highest BCUT2D eigenvalue weighted by Crippen LogP contribution is 2.12. The molecule has 6 heteroatoms. The van der Waals surface area contributed by atoms with Crippen molar-refractivity contribution in [1.82, 2.24) is 10.7 Å². The summed E-state index contributed by atoms with van der Waals surface area (Å²) in [7, 11) is 1.65. The smallest absolute Gasteiger partial charge is 0.185 e. The largest absolute Gasteiger partial charge is 0.497 e. The van der Waals surface area contributed by atoms with Gasteiger partial charge in [0.1, 0.15) is 5.75 Å². The van der Waals surface area contributed by atoms with E-state index in [9.17, 15) is 0 Å². The number of anilines is 1. The third kappa shape index (κ3) is 5.13. The van der Waals surface area contributed by atoms with Crippen molar-refractivity contribution in [3.63, 3.8) is 0 Å². The molecule has 2 aromatic carbocycles. The van der Waals surface area contributed by atoms with Gasteiger partial charge in [0.25, 0.3) is 0 Å². The Hall–Kier alpha value is -1.98. The van der Waals surface area contributed by atoms with Crippen molar-refractivity contribution in [2.75, 3.05) is 12.5 Å². The lowest BCUT2D eigenvalue weighted by Crippen LogP contribution is -2.38. The van der Waals surface area contributed by atoms with Crippen LogP contribution in [0.4, 0.5) is 5.69 Å². The summed E-state index contributed by atoms with van der Waals surface area (Å²) < 4.78 is 5.11. The molecule has 0 fully saturated rings. The van der Waals surface area contributed by atoms with Crippen LogP contribution in [0.15, 0.2) is 48.5 Å². The van der Waals surface area contributed by atoms with Crippen molar-refractivity contribution in [3.05, 3.63) is 59.1 Å². The standard InChI is InChI=1S/C15H16ClN3OS/c1-20-14-8-2-11(3-9-14)10-17-15(21)19-18-13-6-4-12(16)5-7-13/h2-9,18H,10H2,1H3,(H2,17,19,21). The zero-order valence-electron chi connectivity index (χ0n) is 11.5. The molecule has 0 atom stereocenters. The van der Waals surface area contributed by atoms with Crippen molar-refractivity contribution in [3.8, 4) is 5.75 Å². The van der Waals surface area contributed by atoms with E-state index in [2.05, 4.69) is 16.2 Å². The average molecular weight is 322 g/mol. The molecule has 21 heavy (non-hydrogen) atoms. The lowest BCUT2D eigenvalue weighted by Gasteiger charge is -2.12. The molecule has 0 saturated carbocycles. The van der Waals surface area contributed by atoms with E-state index in [0.717, 1.165) is 17.0 Å². The van der Waals surface area contributed by atoms with Crippen LogP contribution in [0.5, 0.6) is 5.75 Å². The number of thiocarbonyl (C=S) groups is 1. The molecular weight excluding hydrogens is 306 g/mol. The van der Waals surface area contributed by atoms with E-state index < -0.39 is 0 Å². The first kappa shape index (κ1) is 15.4. The second kappa shape index (κ2) is 7.71. The summed E-state index contributed by atoms with van der Waals surface area (Å²) in [6.45, 7) is 0.637. The molecule has 3 N–H and O–H groups in total. The summed E-state index contributed by atoms with van der Waals surface area (Å²) in [5.74, 6) is 0.837. The highest BCUT2D eigenvalue weighted by Gasteiger charge is 1.98. The molecule has 0 aliphatic carbocycles. The molecule has 0 aliphatic rings. The van der Waals surface area contributed by atoms with Gasteiger partial charge >= 0.3 is 0 Å². The van der Waals surface area contributed by atoms with Gasteiger partial charge in [-0.2, -0.15) is 0 Å². The molecule has 0 bridgehead atoms. The zero-order valence-corrected chi connectivity index (χ0v) is 13.1. The molecule has 0 aliphatic heterocycles. The van der Waals surface area contributed by atoms with E-state index in [0.29, 0.717) is 16.7 Å². The van der Waals surface area contributed by atoms with Gasteiger partial charge in [0.15, 0.2) is 5.11 Å². The Balaban J connectivity index is 1.75. The quantitative estimate of drug-likeness (QED) is 0.582. The minimum atomic E-state index is 0.515. The van der Waals surface area contributed by atoms with Crippen LogP contribution in [0.3, 0.4) is 0 Å². The number of hydrogen-bond acceptors (Lipinski definition) is 3. The SMILES string of the molecule is COc1ccc(CNC(=S)NNc2ccc(Cl)cc2)cc1. The van der Waals surface area contributed by atoms with Crippen LogP contribution in [0.1, 0.15) is 5.56 Å². The van der Waals surface area contributed by atoms with Crippen LogP contribution >= 0.6 is 23.8 Å². The van der Waals surface area contributed by atoms with Crippen molar-refractivity contribution in [2.45, 2.75) is 6.54 Å². The van der Waals surface area contributed by atoms with Gasteiger partial charge in [0.05, 0.1) is 12.8 Å². The number of hydrazine groups is 1. The first-order valence-corrected chi connectivity index (χ1v) is 7.14. The lowest BCUT2D eigenvalue weighted by molar-refractivity contribution is 0.414. The molecule has 2 rings (SSSR count). The maximum absolute atomic E-state index is 5.82. The molecule has 110 valence electrons. The van der Waals surface area contributed by atoms with Gasteiger partial charge in [-0.3, -0.25) is 10.9 Å². The van der Waals surface area contributed by atoms with Gasteiger partial charge < -0.3 is 10.1 Å². The Labute approximate surface area is 134 Å². The maximum atomic E-state index is 5.82. The number of hydrogen-bond donors (Lipinski definition) is 3. The van der Waals surface area contributed by atoms with Crippen LogP contribution in [-0.2, 0) is 6.54 Å². The first-order valence-electron chi connectivity index (χ1n) is 6.36. The molecular formula is C15H16ClN3OS. The molecule has 4 nitrogen and oxygen atoms in total. The maximum Gasteiger partial charge on any atom is 0.185 e. The minimum Gasteiger partial charge on any atom is -0.497 e. The Kier molecular flexibility index (Phi) is 5.66. The van der Waals surface area contributed by atoms with Crippen molar-refractivity contribution >= 4 is 34.6 Å². The Morgan fingerprint density at radius 1 is 1.10 bits per heavy atom. The molecule has 0 unspecified atom stereocenters. The number of rotatable bonds is 5. The van der Waals surface area contributed by atoms with Crippen LogP contribution in [0.2, 0.25) is 5.02 Å². The van der Waals surface area contributed by atoms with Crippen LogP contribution in [0, 0.1) is 0 Å². The van der Waals surface area contributed by atoms with Crippen molar-refractivity contribution in [2.24, 2.45) is 0 Å². The zero-order chi connectivity index (χ0) is 15.1. The van der Waals surface area contributed by atoms with Crippen LogP contribution in [-0.4, -0.2) is 12.2 Å². The first-order chi connectivity index (χ1) is 10.2. The van der Waals surface area contributed by atoms with E-state index in [-0.39, 0.29) is 0 Å². The van der Waals surface area contributed by atoms with E-state index in [1.54, 1.807) is 19.2 Å². The van der Waals surface area contributed by atoms with E-state index in [4.69, 9.17) is 28.6 Å². The van der Waals surface area contributed by atoms with E-state index >= 15 is 0 Å². The monoisotopic (exact) mass is 321 g/mol. The van der Waals surface area contributed by atoms with E-state index in [1.165, 1.54) is 0 Å². The topological polar surface area (TPSA) is 45.3 Å². The molecule has 0 amide bonds. The number of methoxy groups -OCH3 is 1. The van der Waals surface area contributed by atoms with Crippen molar-refractivity contribution in [1.29, 1.82) is 0 Å². The number of ether oxygens (including phenoxy) is 1. The van der Waals surface area contributed by atoms with Gasteiger partial charge in [0.2, 0.25) is 0 Å². The second-order valence-electron chi connectivity index (χ2n) is 4.29. The second-order valence-corrected chi connectivity index (χ2v) is 5.13. The summed E-state index contributed by atoms with van der Waals surface area (Å²) in [6, 6.07) is 15.1. The third-order valence-corrected chi connectivity index (χ3v) is 3.28. The molecule has 0 heterocycles. The number of benzene rings is 2. The van der Waals surface area contributed by atoms with Gasteiger partial charge in [0, 0.05) is 11.6 Å². The molecule has 0 saturated heterocycles. The summed E-state index contributed by atoms with van der Waals surface area (Å²) in [5.41, 5.74) is 7.91. The fourth-order valence-electron chi connectivity index (χ4n) is 1.63. The number of nitrogens with one attached hydrogen (secondary N) is 3. The number of halogens is 1. The molecule has 0 radical (unpaired) electrons. The molecule has 2 aromatic rings. The summed E-state index contributed by atoms with van der Waals surface area (Å²) in [6.07, 6.45) is 0. The minimum absolute atomic E-state index is 0.515. The average Bonchev–Trinajstić information content (AvgIpc) is 2.53. The lowest BCUT2D eigenvalue weighted by atomic mass is 10.2. The predicted octanol–water partition coefficient (Wildman–Crippen LogP) is 3.34. The van der Waals surface area contributed by atoms with Gasteiger partial charge in [-0.05, 0) is 54.2 Å². The third-order valence-electron chi connectivity index (χ3n) is 2.78. The normalized spacial score (nSPS) is 9.81. The van der Waals surface area contributed by atoms with Crippen LogP contribution < -0.4 is 20.9 Å². The Morgan fingerprint density at radius 3 is 2.38 bits per heavy atom. The highest BCUT2D eigenvalue weighted by atomic mass is 35.5. The summed E-state index contributed by atoms with van der Waals surface area (Å²) in [5, 5.41) is 4.32. The predicted molar refractivity (Wildman–Crippen MR) is 90.6 cm³/mol. The molecule has 0 spiro atoms. The highest BCUT2D eigenvalue weighted by molar-refractivity contribution is 7.80.